The van der Waals surface area contributed by atoms with Gasteiger partial charge in [0.1, 0.15) is 18.3 Å². The lowest BCUT2D eigenvalue weighted by atomic mass is 10.0. The fraction of sp³-hybridized carbons (Fsp3) is 0.0714. The summed E-state index contributed by atoms with van der Waals surface area (Å²) in [7, 11) is 0. The number of ether oxygens (including phenoxy) is 2. The molecule has 0 bridgehead atoms. The van der Waals surface area contributed by atoms with Crippen molar-refractivity contribution in [3.05, 3.63) is 130 Å². The Balaban J connectivity index is 0.00000127. The second kappa shape index (κ2) is 13.1. The van der Waals surface area contributed by atoms with Crippen LogP contribution in [-0.2, 0) is 6.42 Å². The first-order valence-electron chi connectivity index (χ1n) is 11.0. The van der Waals surface area contributed by atoms with E-state index >= 15 is 0 Å². The monoisotopic (exact) mass is 529 g/mol. The van der Waals surface area contributed by atoms with Gasteiger partial charge in [0.05, 0.1) is 11.1 Å². The lowest BCUT2D eigenvalue weighted by Gasteiger charge is -2.07. The van der Waals surface area contributed by atoms with Crippen LogP contribution in [0.2, 0.25) is 0 Å². The van der Waals surface area contributed by atoms with Crippen molar-refractivity contribution in [2.75, 3.05) is 6.80 Å². The number of hydrogen-bond acceptors (Lipinski definition) is 5. The van der Waals surface area contributed by atoms with Crippen LogP contribution >= 0.6 is 0 Å². The number of esters is 2. The van der Waals surface area contributed by atoms with Gasteiger partial charge < -0.3 is 15.2 Å². The summed E-state index contributed by atoms with van der Waals surface area (Å²) >= 11 is 0. The number of alkyl halides is 1. The summed E-state index contributed by atoms with van der Waals surface area (Å²) in [6, 6.07) is 18.7. The molecule has 0 radical (unpaired) electrons. The SMILES string of the molecule is NCF.O=C(Oc1ccc(F)c(F)c1)c1ccc(Cc2ccc(C(=O)Oc3ccc(F)c(F)c3)cc2)cc1. The lowest BCUT2D eigenvalue weighted by molar-refractivity contribution is 0.0724. The molecule has 4 rings (SSSR count). The second-order valence-corrected chi connectivity index (χ2v) is 7.66. The molecular formula is C28H20F5NO4. The average molecular weight is 529 g/mol. The molecule has 10 heteroatoms. The Morgan fingerprint density at radius 1 is 0.579 bits per heavy atom. The minimum atomic E-state index is -1.12. The van der Waals surface area contributed by atoms with Crippen LogP contribution in [0.5, 0.6) is 11.5 Å². The molecule has 0 saturated heterocycles. The zero-order valence-corrected chi connectivity index (χ0v) is 19.6. The summed E-state index contributed by atoms with van der Waals surface area (Å²) in [6.07, 6.45) is 0.497. The molecule has 4 aromatic rings. The molecule has 5 nitrogen and oxygen atoms in total. The normalized spacial score (nSPS) is 10.3. The topological polar surface area (TPSA) is 78.6 Å². The summed E-state index contributed by atoms with van der Waals surface area (Å²) in [5.41, 5.74) is 6.38. The zero-order chi connectivity index (χ0) is 27.7. The van der Waals surface area contributed by atoms with Gasteiger partial charge in [0.15, 0.2) is 23.3 Å². The molecule has 0 spiro atoms. The first-order chi connectivity index (χ1) is 18.2. The highest BCUT2D eigenvalue weighted by Crippen LogP contribution is 2.19. The summed E-state index contributed by atoms with van der Waals surface area (Å²) < 4.78 is 72.7. The Kier molecular flexibility index (Phi) is 9.66. The Hall–Kier alpha value is -4.57. The highest BCUT2D eigenvalue weighted by molar-refractivity contribution is 5.91. The van der Waals surface area contributed by atoms with Gasteiger partial charge in [-0.05, 0) is 66.1 Å². The Bertz CT molecular complexity index is 1300. The van der Waals surface area contributed by atoms with E-state index in [1.165, 1.54) is 0 Å². The van der Waals surface area contributed by atoms with E-state index in [4.69, 9.17) is 9.47 Å². The van der Waals surface area contributed by atoms with E-state index in [1.54, 1.807) is 48.5 Å². The van der Waals surface area contributed by atoms with E-state index in [-0.39, 0.29) is 22.6 Å². The van der Waals surface area contributed by atoms with Crippen molar-refractivity contribution in [3.8, 4) is 11.5 Å². The third-order valence-electron chi connectivity index (χ3n) is 4.99. The van der Waals surface area contributed by atoms with E-state index in [0.717, 1.165) is 47.5 Å². The minimum Gasteiger partial charge on any atom is -0.423 e. The van der Waals surface area contributed by atoms with Crippen LogP contribution < -0.4 is 15.2 Å². The van der Waals surface area contributed by atoms with Crippen LogP contribution in [0.15, 0.2) is 84.9 Å². The second-order valence-electron chi connectivity index (χ2n) is 7.66. The molecule has 2 N–H and O–H groups in total. The third kappa shape index (κ3) is 7.71. The van der Waals surface area contributed by atoms with Crippen molar-refractivity contribution >= 4 is 11.9 Å². The third-order valence-corrected chi connectivity index (χ3v) is 4.99. The summed E-state index contributed by atoms with van der Waals surface area (Å²) in [5.74, 6) is -5.96. The van der Waals surface area contributed by atoms with E-state index in [1.807, 2.05) is 0 Å². The first kappa shape index (κ1) is 28.0. The van der Waals surface area contributed by atoms with Crippen molar-refractivity contribution in [3.63, 3.8) is 0 Å². The van der Waals surface area contributed by atoms with Gasteiger partial charge in [0.25, 0.3) is 0 Å². The number of halogens is 5. The van der Waals surface area contributed by atoms with Crippen molar-refractivity contribution in [2.24, 2.45) is 5.73 Å². The predicted octanol–water partition coefficient (Wildman–Crippen LogP) is 6.14. The van der Waals surface area contributed by atoms with Gasteiger partial charge in [0, 0.05) is 12.1 Å². The molecule has 0 heterocycles. The average Bonchev–Trinajstić information content (AvgIpc) is 2.90. The van der Waals surface area contributed by atoms with Crippen molar-refractivity contribution < 1.29 is 41.0 Å². The van der Waals surface area contributed by atoms with Crippen LogP contribution in [0.25, 0.3) is 0 Å². The molecule has 0 aliphatic heterocycles. The Labute approximate surface area is 214 Å². The molecule has 0 aromatic heterocycles. The van der Waals surface area contributed by atoms with E-state index in [9.17, 15) is 31.5 Å². The van der Waals surface area contributed by atoms with Crippen LogP contribution in [0.4, 0.5) is 22.0 Å². The van der Waals surface area contributed by atoms with Gasteiger partial charge in [-0.1, -0.05) is 24.3 Å². The summed E-state index contributed by atoms with van der Waals surface area (Å²) in [5, 5.41) is 0. The number of benzene rings is 4. The lowest BCUT2D eigenvalue weighted by Crippen LogP contribution is -2.09. The Morgan fingerprint density at radius 3 is 1.24 bits per heavy atom. The number of hydrogen-bond donors (Lipinski definition) is 1. The largest absolute Gasteiger partial charge is 0.423 e. The van der Waals surface area contributed by atoms with Crippen LogP contribution in [0, 0.1) is 23.3 Å². The van der Waals surface area contributed by atoms with E-state index in [0.29, 0.717) is 6.42 Å². The van der Waals surface area contributed by atoms with Gasteiger partial charge in [-0.15, -0.1) is 0 Å². The van der Waals surface area contributed by atoms with Crippen molar-refractivity contribution in [1.29, 1.82) is 0 Å². The first-order valence-corrected chi connectivity index (χ1v) is 11.0. The predicted molar refractivity (Wildman–Crippen MR) is 128 cm³/mol. The standard InChI is InChI=1S/C27H16F4O4.CH4FN/c28-22-11-9-20(14-24(22)30)34-26(32)18-5-1-16(2-6-18)13-17-3-7-19(8-4-17)27(33)35-21-10-12-23(29)25(31)15-21;2-1-3/h1-12,14-15H,13H2;1,3H2. The number of carbonyl (C=O) groups is 2. The zero-order valence-electron chi connectivity index (χ0n) is 19.6. The summed E-state index contributed by atoms with van der Waals surface area (Å²) in [4.78, 5) is 24.5. The van der Waals surface area contributed by atoms with E-state index in [2.05, 4.69) is 5.73 Å². The maximum Gasteiger partial charge on any atom is 0.343 e. The molecule has 0 fully saturated rings. The van der Waals surface area contributed by atoms with Gasteiger partial charge in [-0.3, -0.25) is 0 Å². The van der Waals surface area contributed by atoms with Gasteiger partial charge >= 0.3 is 11.9 Å². The quantitative estimate of drug-likeness (QED) is 0.140. The van der Waals surface area contributed by atoms with Crippen LogP contribution in [-0.4, -0.2) is 18.7 Å². The molecule has 196 valence electrons. The molecule has 0 saturated carbocycles. The smallest absolute Gasteiger partial charge is 0.343 e. The maximum atomic E-state index is 13.3. The molecule has 0 unspecified atom stereocenters. The maximum absolute atomic E-state index is 13.3. The van der Waals surface area contributed by atoms with Crippen molar-refractivity contribution in [2.45, 2.75) is 6.42 Å². The molecule has 0 aliphatic carbocycles. The highest BCUT2D eigenvalue weighted by Gasteiger charge is 2.13. The fourth-order valence-electron chi connectivity index (χ4n) is 3.17. The fourth-order valence-corrected chi connectivity index (χ4v) is 3.17. The van der Waals surface area contributed by atoms with Gasteiger partial charge in [-0.2, -0.15) is 0 Å². The molecule has 0 atom stereocenters. The van der Waals surface area contributed by atoms with E-state index < -0.39 is 42.0 Å². The van der Waals surface area contributed by atoms with Crippen LogP contribution in [0.1, 0.15) is 31.8 Å². The molecule has 4 aromatic carbocycles. The van der Waals surface area contributed by atoms with Crippen molar-refractivity contribution in [1.82, 2.24) is 0 Å². The van der Waals surface area contributed by atoms with Gasteiger partial charge in [0.2, 0.25) is 0 Å². The number of nitrogens with two attached hydrogens (primary N) is 1. The summed E-state index contributed by atoms with van der Waals surface area (Å²) in [6.45, 7) is -0.750. The molecular weight excluding hydrogens is 509 g/mol. The van der Waals surface area contributed by atoms with Crippen LogP contribution in [0.3, 0.4) is 0 Å². The molecule has 0 amide bonds. The number of rotatable bonds is 6. The minimum absolute atomic E-state index is 0.110. The Morgan fingerprint density at radius 2 is 0.921 bits per heavy atom. The molecule has 38 heavy (non-hydrogen) atoms. The number of carbonyl (C=O) groups excluding carboxylic acids is 2. The highest BCUT2D eigenvalue weighted by atomic mass is 19.2. The van der Waals surface area contributed by atoms with Gasteiger partial charge in [-0.25, -0.2) is 31.5 Å². The molecule has 0 aliphatic rings.